The van der Waals surface area contributed by atoms with Crippen LogP contribution in [0.3, 0.4) is 0 Å². The molecule has 0 aliphatic carbocycles. The van der Waals surface area contributed by atoms with E-state index in [1.807, 2.05) is 30.3 Å². The number of nitrogens with zero attached hydrogens (tertiary/aromatic N) is 1. The highest BCUT2D eigenvalue weighted by Crippen LogP contribution is 2.36. The van der Waals surface area contributed by atoms with Gasteiger partial charge in [0.1, 0.15) is 5.75 Å². The summed E-state index contributed by atoms with van der Waals surface area (Å²) >= 11 is 12.9. The highest BCUT2D eigenvalue weighted by Gasteiger charge is 2.09. The molecule has 0 heterocycles. The fourth-order valence-corrected chi connectivity index (χ4v) is 3.56. The normalized spacial score (nSPS) is 11.2. The van der Waals surface area contributed by atoms with Gasteiger partial charge in [-0.15, -0.1) is 0 Å². The van der Waals surface area contributed by atoms with Gasteiger partial charge in [-0.25, -0.2) is 0 Å². The van der Waals surface area contributed by atoms with Crippen molar-refractivity contribution in [3.05, 3.63) is 61.5 Å². The van der Waals surface area contributed by atoms with Gasteiger partial charge in [-0.2, -0.15) is 5.26 Å². The second-order valence-corrected chi connectivity index (χ2v) is 6.98. The van der Waals surface area contributed by atoms with Crippen LogP contribution in [0, 0.1) is 11.3 Å². The maximum absolute atomic E-state index is 9.42. The molecular weight excluding hydrogens is 441 g/mol. The van der Waals surface area contributed by atoms with Gasteiger partial charge in [0.15, 0.2) is 0 Å². The molecular formula is C18H14Br2ClNO. The molecule has 0 bridgehead atoms. The number of ether oxygens (including phenoxy) is 1. The zero-order chi connectivity index (χ0) is 16.8. The van der Waals surface area contributed by atoms with Crippen molar-refractivity contribution in [1.29, 1.82) is 5.26 Å². The van der Waals surface area contributed by atoms with Gasteiger partial charge in [0, 0.05) is 5.02 Å². The van der Waals surface area contributed by atoms with Crippen LogP contribution in [0.5, 0.6) is 5.75 Å². The van der Waals surface area contributed by atoms with Crippen LogP contribution in [-0.4, -0.2) is 6.61 Å². The minimum Gasteiger partial charge on any atom is -0.491 e. The van der Waals surface area contributed by atoms with Crippen LogP contribution in [0.4, 0.5) is 0 Å². The average Bonchev–Trinajstić information content (AvgIpc) is 2.53. The van der Waals surface area contributed by atoms with E-state index in [9.17, 15) is 5.26 Å². The summed E-state index contributed by atoms with van der Waals surface area (Å²) in [7, 11) is 0. The van der Waals surface area contributed by atoms with Crippen molar-refractivity contribution in [2.45, 2.75) is 13.3 Å². The van der Waals surface area contributed by atoms with Crippen LogP contribution in [0.15, 0.2) is 45.3 Å². The number of rotatable bonds is 5. The van der Waals surface area contributed by atoms with Gasteiger partial charge in [0.25, 0.3) is 0 Å². The van der Waals surface area contributed by atoms with E-state index >= 15 is 0 Å². The fraction of sp³-hybridized carbons (Fsp3) is 0.167. The Kier molecular flexibility index (Phi) is 6.71. The Hall–Kier alpha value is -1.28. The number of hydrogen-bond acceptors (Lipinski definition) is 2. The van der Waals surface area contributed by atoms with Crippen molar-refractivity contribution in [3.8, 4) is 11.8 Å². The summed E-state index contributed by atoms with van der Waals surface area (Å²) in [6.07, 6.45) is 2.78. The molecule has 0 saturated carbocycles. The first kappa shape index (κ1) is 18.1. The van der Waals surface area contributed by atoms with Crippen molar-refractivity contribution in [1.82, 2.24) is 0 Å². The average molecular weight is 456 g/mol. The van der Waals surface area contributed by atoms with E-state index < -0.39 is 0 Å². The number of benzene rings is 2. The molecule has 2 aromatic carbocycles. The highest BCUT2D eigenvalue weighted by atomic mass is 79.9. The fourth-order valence-electron chi connectivity index (χ4n) is 1.98. The lowest BCUT2D eigenvalue weighted by molar-refractivity contribution is 0.313. The molecule has 118 valence electrons. The van der Waals surface area contributed by atoms with Crippen LogP contribution in [-0.2, 0) is 0 Å². The van der Waals surface area contributed by atoms with E-state index in [2.05, 4.69) is 44.9 Å². The molecule has 0 unspecified atom stereocenters. The van der Waals surface area contributed by atoms with Gasteiger partial charge >= 0.3 is 0 Å². The molecule has 0 radical (unpaired) electrons. The molecule has 5 heteroatoms. The molecule has 0 fully saturated rings. The second kappa shape index (κ2) is 8.54. The van der Waals surface area contributed by atoms with Crippen molar-refractivity contribution in [3.63, 3.8) is 0 Å². The monoisotopic (exact) mass is 453 g/mol. The Morgan fingerprint density at radius 3 is 2.35 bits per heavy atom. The van der Waals surface area contributed by atoms with E-state index in [4.69, 9.17) is 16.3 Å². The third kappa shape index (κ3) is 4.84. The minimum atomic E-state index is 0.572. The topological polar surface area (TPSA) is 33.0 Å². The predicted octanol–water partition coefficient (Wildman–Crippen LogP) is 6.72. The van der Waals surface area contributed by atoms with Crippen LogP contribution >= 0.6 is 43.5 Å². The maximum Gasteiger partial charge on any atom is 0.147 e. The molecule has 0 saturated heterocycles. The molecule has 23 heavy (non-hydrogen) atoms. The first-order valence-corrected chi connectivity index (χ1v) is 9.01. The van der Waals surface area contributed by atoms with E-state index in [1.54, 1.807) is 12.1 Å². The SMILES string of the molecule is CCCOc1c(Br)cc(/C=C(\C#N)c2ccc(Cl)cc2)cc1Br. The Labute approximate surface area is 158 Å². The molecule has 2 aromatic rings. The van der Waals surface area contributed by atoms with Gasteiger partial charge in [0.05, 0.1) is 27.2 Å². The predicted molar refractivity (Wildman–Crippen MR) is 103 cm³/mol. The molecule has 0 aromatic heterocycles. The maximum atomic E-state index is 9.42. The molecule has 0 aliphatic heterocycles. The largest absolute Gasteiger partial charge is 0.491 e. The number of allylic oxidation sites excluding steroid dienone is 1. The third-order valence-electron chi connectivity index (χ3n) is 3.06. The molecule has 0 aliphatic rings. The van der Waals surface area contributed by atoms with Crippen LogP contribution in [0.1, 0.15) is 24.5 Å². The van der Waals surface area contributed by atoms with Gasteiger partial charge < -0.3 is 4.74 Å². The number of nitriles is 1. The Bertz CT molecular complexity index is 741. The Balaban J connectivity index is 2.37. The summed E-state index contributed by atoms with van der Waals surface area (Å²) in [4.78, 5) is 0. The van der Waals surface area contributed by atoms with Crippen LogP contribution < -0.4 is 4.74 Å². The summed E-state index contributed by atoms with van der Waals surface area (Å²) in [5.74, 6) is 0.772. The smallest absolute Gasteiger partial charge is 0.147 e. The summed E-state index contributed by atoms with van der Waals surface area (Å²) in [5.41, 5.74) is 2.30. The highest BCUT2D eigenvalue weighted by molar-refractivity contribution is 9.11. The summed E-state index contributed by atoms with van der Waals surface area (Å²) < 4.78 is 7.40. The standard InChI is InChI=1S/C18H14Br2ClNO/c1-2-7-23-18-16(19)9-12(10-17(18)20)8-14(11-22)13-3-5-15(21)6-4-13/h3-6,8-10H,2,7H2,1H3/b14-8+. The molecule has 2 rings (SSSR count). The molecule has 0 N–H and O–H groups in total. The summed E-state index contributed by atoms with van der Waals surface area (Å²) in [5, 5.41) is 10.1. The lowest BCUT2D eigenvalue weighted by atomic mass is 10.0. The minimum absolute atomic E-state index is 0.572. The zero-order valence-corrected chi connectivity index (χ0v) is 16.4. The van der Waals surface area contributed by atoms with E-state index in [-0.39, 0.29) is 0 Å². The van der Waals surface area contributed by atoms with Crippen molar-refractivity contribution >= 4 is 55.1 Å². The molecule has 2 nitrogen and oxygen atoms in total. The first-order chi connectivity index (χ1) is 11.0. The number of halogens is 3. The van der Waals surface area contributed by atoms with E-state index in [1.165, 1.54) is 0 Å². The molecule has 0 spiro atoms. The van der Waals surface area contributed by atoms with Crippen molar-refractivity contribution in [2.75, 3.05) is 6.61 Å². The van der Waals surface area contributed by atoms with Crippen molar-refractivity contribution in [2.24, 2.45) is 0 Å². The second-order valence-electron chi connectivity index (χ2n) is 4.84. The van der Waals surface area contributed by atoms with Crippen molar-refractivity contribution < 1.29 is 4.74 Å². The van der Waals surface area contributed by atoms with E-state index in [0.29, 0.717) is 17.2 Å². The van der Waals surface area contributed by atoms with Crippen LogP contribution in [0.25, 0.3) is 11.6 Å². The summed E-state index contributed by atoms with van der Waals surface area (Å²) in [6.45, 7) is 2.71. The van der Waals surface area contributed by atoms with Gasteiger partial charge in [0.2, 0.25) is 0 Å². The molecule has 0 amide bonds. The lowest BCUT2D eigenvalue weighted by Gasteiger charge is -2.10. The lowest BCUT2D eigenvalue weighted by Crippen LogP contribution is -1.97. The van der Waals surface area contributed by atoms with Gasteiger partial charge in [-0.3, -0.25) is 0 Å². The Morgan fingerprint density at radius 1 is 1.22 bits per heavy atom. The zero-order valence-electron chi connectivity index (χ0n) is 12.4. The van der Waals surface area contributed by atoms with Gasteiger partial charge in [-0.1, -0.05) is 30.7 Å². The quantitative estimate of drug-likeness (QED) is 0.370. The molecule has 0 atom stereocenters. The first-order valence-electron chi connectivity index (χ1n) is 7.04. The van der Waals surface area contributed by atoms with Crippen LogP contribution in [0.2, 0.25) is 5.02 Å². The third-order valence-corrected chi connectivity index (χ3v) is 4.49. The Morgan fingerprint density at radius 2 is 1.83 bits per heavy atom. The summed E-state index contributed by atoms with van der Waals surface area (Å²) in [6, 6.07) is 13.3. The van der Waals surface area contributed by atoms with Gasteiger partial charge in [-0.05, 0) is 79.7 Å². The number of hydrogen-bond donors (Lipinski definition) is 0. The van der Waals surface area contributed by atoms with E-state index in [0.717, 1.165) is 32.2 Å².